The molecule has 0 saturated carbocycles. The van der Waals surface area contributed by atoms with Crippen molar-refractivity contribution in [2.24, 2.45) is 0 Å². The highest BCUT2D eigenvalue weighted by Gasteiger charge is 2.42. The van der Waals surface area contributed by atoms with Crippen molar-refractivity contribution in [2.45, 2.75) is 94.0 Å². The Morgan fingerprint density at radius 3 is 2.11 bits per heavy atom. The average molecular weight is 831 g/mol. The number of hydrogen-bond donors (Lipinski definition) is 6. The molecule has 56 heavy (non-hydrogen) atoms. The van der Waals surface area contributed by atoms with Crippen LogP contribution < -0.4 is 31.9 Å². The highest BCUT2D eigenvalue weighted by atomic mass is 32.8. The first-order valence-corrected chi connectivity index (χ1v) is 22.9. The van der Waals surface area contributed by atoms with Gasteiger partial charge in [-0.05, 0) is 57.1 Å². The van der Waals surface area contributed by atoms with Gasteiger partial charge < -0.3 is 31.9 Å². The van der Waals surface area contributed by atoms with Gasteiger partial charge in [-0.2, -0.15) is 11.8 Å². The standard InChI is InChI=1S/C39H54N6O8S3/c1-53-56(52,54)25-24-42-38(50)30(43-37(49)29-20-18-28(19-21-29)36(48)27-12-4-2-5-13-27)14-9-11-23-41-33(46)16-6-3-10-22-40-34(47)17-8-7-15-32-35-31(26-55-32)44-39(51)45-35/h2,4-5,12-13,18-21,30-32,35H,3,6-11,14-17,22-26H2,1H3,(H,40,47)(H,41,46)(H,42,50)(H,43,49)(H2,44,45,51). The summed E-state index contributed by atoms with van der Waals surface area (Å²) in [7, 11) is -1.72. The van der Waals surface area contributed by atoms with Crippen molar-refractivity contribution in [1.82, 2.24) is 31.9 Å². The van der Waals surface area contributed by atoms with Crippen LogP contribution in [0.5, 0.6) is 0 Å². The average Bonchev–Trinajstić information content (AvgIpc) is 3.76. The zero-order valence-electron chi connectivity index (χ0n) is 31.8. The van der Waals surface area contributed by atoms with Gasteiger partial charge in [-0.15, -0.1) is 0 Å². The minimum atomic E-state index is -2.96. The van der Waals surface area contributed by atoms with E-state index in [1.807, 2.05) is 17.8 Å². The normalized spacial score (nSPS) is 18.7. The number of carbonyl (C=O) groups excluding carboxylic acids is 6. The quantitative estimate of drug-likeness (QED) is 0.0491. The van der Waals surface area contributed by atoms with Crippen molar-refractivity contribution < 1.29 is 37.2 Å². The van der Waals surface area contributed by atoms with Crippen molar-refractivity contribution in [3.05, 3.63) is 71.3 Å². The molecular formula is C39H54N6O8S3. The second kappa shape index (κ2) is 23.2. The van der Waals surface area contributed by atoms with Crippen LogP contribution >= 0.6 is 11.8 Å². The number of rotatable bonds is 25. The van der Waals surface area contributed by atoms with Crippen molar-refractivity contribution in [1.29, 1.82) is 0 Å². The molecule has 2 saturated heterocycles. The molecule has 2 heterocycles. The maximum atomic E-state index is 13.1. The zero-order valence-corrected chi connectivity index (χ0v) is 34.3. The molecule has 306 valence electrons. The van der Waals surface area contributed by atoms with Gasteiger partial charge in [0.25, 0.3) is 5.91 Å². The number of unbranched alkanes of at least 4 members (excludes halogenated alkanes) is 4. The summed E-state index contributed by atoms with van der Waals surface area (Å²) < 4.78 is 16.9. The van der Waals surface area contributed by atoms with Gasteiger partial charge in [0.1, 0.15) is 14.8 Å². The lowest BCUT2D eigenvalue weighted by molar-refractivity contribution is -0.123. The lowest BCUT2D eigenvalue weighted by atomic mass is 10.0. The zero-order chi connectivity index (χ0) is 40.3. The largest absolute Gasteiger partial charge is 0.356 e. The monoisotopic (exact) mass is 830 g/mol. The number of benzene rings is 2. The number of urea groups is 1. The summed E-state index contributed by atoms with van der Waals surface area (Å²) in [5, 5.41) is 17.6. The Hall–Kier alpha value is -4.06. The molecule has 4 rings (SSSR count). The Kier molecular flexibility index (Phi) is 18.5. The molecule has 0 bridgehead atoms. The third-order valence-corrected chi connectivity index (χ3v) is 13.3. The third kappa shape index (κ3) is 15.1. The topological polar surface area (TPSA) is 201 Å². The van der Waals surface area contributed by atoms with Gasteiger partial charge in [-0.25, -0.2) is 9.00 Å². The fraction of sp³-hybridized carbons (Fsp3) is 0.538. The Morgan fingerprint density at radius 2 is 1.43 bits per heavy atom. The van der Waals surface area contributed by atoms with E-state index in [-0.39, 0.29) is 60.0 Å². The molecule has 17 heteroatoms. The van der Waals surface area contributed by atoms with Crippen molar-refractivity contribution in [3.8, 4) is 0 Å². The summed E-state index contributed by atoms with van der Waals surface area (Å²) >= 11 is 6.75. The highest BCUT2D eigenvalue weighted by Crippen LogP contribution is 2.33. The van der Waals surface area contributed by atoms with Crippen LogP contribution in [0, 0.1) is 0 Å². The van der Waals surface area contributed by atoms with Crippen LogP contribution in [0.1, 0.15) is 96.9 Å². The predicted octanol–water partition coefficient (Wildman–Crippen LogP) is 3.13. The molecule has 2 aromatic rings. The van der Waals surface area contributed by atoms with Crippen molar-refractivity contribution in [3.63, 3.8) is 0 Å². The molecule has 2 aromatic carbocycles. The summed E-state index contributed by atoms with van der Waals surface area (Å²) in [6.07, 6.45) is 7.26. The Labute approximate surface area is 338 Å². The lowest BCUT2D eigenvalue weighted by Crippen LogP contribution is -2.47. The van der Waals surface area contributed by atoms with Crippen LogP contribution in [0.2, 0.25) is 0 Å². The number of fused-ring (bicyclic) bond motifs is 1. The number of ketones is 1. The maximum absolute atomic E-state index is 13.1. The number of hydrogen-bond acceptors (Lipinski definition) is 10. The van der Waals surface area contributed by atoms with E-state index in [1.54, 1.807) is 36.4 Å². The van der Waals surface area contributed by atoms with Crippen molar-refractivity contribution >= 4 is 67.2 Å². The summed E-state index contributed by atoms with van der Waals surface area (Å²) in [6, 6.07) is 14.4. The first kappa shape index (κ1) is 44.7. The molecule has 0 aliphatic carbocycles. The fourth-order valence-corrected chi connectivity index (χ4v) is 8.82. The molecule has 2 aliphatic heterocycles. The summed E-state index contributed by atoms with van der Waals surface area (Å²) in [5.74, 6) is -0.301. The van der Waals surface area contributed by atoms with E-state index in [1.165, 1.54) is 19.2 Å². The van der Waals surface area contributed by atoms with E-state index in [4.69, 9.17) is 15.4 Å². The molecule has 0 aromatic heterocycles. The second-order valence-electron chi connectivity index (χ2n) is 13.9. The van der Waals surface area contributed by atoms with Crippen molar-refractivity contribution in [2.75, 3.05) is 38.2 Å². The number of carbonyl (C=O) groups is 6. The van der Waals surface area contributed by atoms with E-state index in [9.17, 15) is 33.0 Å². The van der Waals surface area contributed by atoms with Gasteiger partial charge >= 0.3 is 6.03 Å². The van der Waals surface area contributed by atoms with Crippen LogP contribution in [0.3, 0.4) is 0 Å². The van der Waals surface area contributed by atoms with E-state index >= 15 is 0 Å². The van der Waals surface area contributed by atoms with Crippen LogP contribution in [-0.2, 0) is 38.5 Å². The van der Waals surface area contributed by atoms with Crippen LogP contribution in [-0.4, -0.2) is 101 Å². The number of thioether (sulfide) groups is 1. The third-order valence-electron chi connectivity index (χ3n) is 9.70. The maximum Gasteiger partial charge on any atom is 0.315 e. The minimum Gasteiger partial charge on any atom is -0.356 e. The van der Waals surface area contributed by atoms with Gasteiger partial charge in [0.15, 0.2) is 5.78 Å². The SMILES string of the molecule is COS(=O)(=S)CCNC(=O)C(CCCCNC(=O)CCCCCNC(=O)CCCCC1SCC2NC(=O)NC21)NC(=O)c1ccc(C(=O)c2ccccc2)cc1. The van der Waals surface area contributed by atoms with E-state index in [0.29, 0.717) is 61.6 Å². The first-order valence-electron chi connectivity index (χ1n) is 19.2. The molecule has 6 amide bonds. The summed E-state index contributed by atoms with van der Waals surface area (Å²) in [5.41, 5.74) is 1.23. The van der Waals surface area contributed by atoms with Crippen LogP contribution in [0.25, 0.3) is 0 Å². The smallest absolute Gasteiger partial charge is 0.315 e. The molecule has 5 unspecified atom stereocenters. The van der Waals surface area contributed by atoms with Gasteiger partial charge in [0, 0.05) is 71.4 Å². The van der Waals surface area contributed by atoms with Crippen LogP contribution in [0.15, 0.2) is 54.6 Å². The molecule has 2 aliphatic rings. The number of amides is 6. The molecule has 0 spiro atoms. The van der Waals surface area contributed by atoms with Gasteiger partial charge in [-0.3, -0.25) is 28.2 Å². The second-order valence-corrected chi connectivity index (χ2v) is 18.5. The molecular weight excluding hydrogens is 777 g/mol. The van der Waals surface area contributed by atoms with E-state index < -0.39 is 26.6 Å². The Bertz CT molecular complexity index is 1750. The van der Waals surface area contributed by atoms with Gasteiger partial charge in [0.2, 0.25) is 17.7 Å². The van der Waals surface area contributed by atoms with E-state index in [2.05, 4.69) is 31.9 Å². The van der Waals surface area contributed by atoms with Gasteiger partial charge in [0.05, 0.1) is 24.9 Å². The first-order chi connectivity index (χ1) is 27.0. The fourth-order valence-electron chi connectivity index (χ4n) is 6.51. The molecule has 14 nitrogen and oxygen atoms in total. The highest BCUT2D eigenvalue weighted by molar-refractivity contribution is 8.30. The minimum absolute atomic E-state index is 0.00257. The van der Waals surface area contributed by atoms with Crippen LogP contribution in [0.4, 0.5) is 4.79 Å². The molecule has 6 N–H and O–H groups in total. The molecule has 0 radical (unpaired) electrons. The Morgan fingerprint density at radius 1 is 0.804 bits per heavy atom. The summed E-state index contributed by atoms with van der Waals surface area (Å²) in [6.45, 7) is 0.984. The summed E-state index contributed by atoms with van der Waals surface area (Å²) in [4.78, 5) is 75.1. The predicted molar refractivity (Wildman–Crippen MR) is 220 cm³/mol. The van der Waals surface area contributed by atoms with Gasteiger partial charge in [-0.1, -0.05) is 55.3 Å². The number of nitrogens with one attached hydrogen (secondary N) is 6. The van der Waals surface area contributed by atoms with E-state index in [0.717, 1.165) is 37.9 Å². The molecule has 5 atom stereocenters. The molecule has 2 fully saturated rings. The Balaban J connectivity index is 1.09. The lowest BCUT2D eigenvalue weighted by Gasteiger charge is -2.19.